The highest BCUT2D eigenvalue weighted by Crippen LogP contribution is 2.33. The number of thiophene rings is 1. The molecule has 3 aliphatic heterocycles. The van der Waals surface area contributed by atoms with E-state index in [1.165, 1.54) is 9.75 Å². The number of hydrogen-bond donors (Lipinski definition) is 1. The Morgan fingerprint density at radius 1 is 1.29 bits per heavy atom. The van der Waals surface area contributed by atoms with Gasteiger partial charge in [0.1, 0.15) is 0 Å². The van der Waals surface area contributed by atoms with Crippen LogP contribution in [-0.4, -0.2) is 72.1 Å². The van der Waals surface area contributed by atoms with Crippen molar-refractivity contribution in [3.63, 3.8) is 0 Å². The minimum atomic E-state index is -5.08. The Balaban J connectivity index is 0.000000339. The van der Waals surface area contributed by atoms with Crippen LogP contribution in [0, 0.1) is 18.8 Å². The molecule has 1 aromatic rings. The van der Waals surface area contributed by atoms with Gasteiger partial charge in [0.15, 0.2) is 0 Å². The van der Waals surface area contributed by atoms with E-state index in [1.54, 1.807) is 5.06 Å². The van der Waals surface area contributed by atoms with Crippen molar-refractivity contribution in [2.45, 2.75) is 45.0 Å². The SMILES string of the molecule is Cc1ccc(CN2CC[C@@H]3OC[C@H](C(=O)N4CCCO4)C[C@@H]3C2)s1.O=C(O)C(F)(F)F. The van der Waals surface area contributed by atoms with Gasteiger partial charge in [-0.2, -0.15) is 13.2 Å². The number of carboxylic acids is 1. The molecule has 0 bridgehead atoms. The van der Waals surface area contributed by atoms with Crippen molar-refractivity contribution >= 4 is 23.2 Å². The third-order valence-electron chi connectivity index (χ3n) is 5.61. The standard InChI is InChI=1S/C18H26N2O3S.C2HF3O2/c1-13-3-4-16(24-13)11-19-7-5-17-14(10-19)9-15(12-22-17)18(21)20-6-2-8-23-20;3-2(4,5)1(6)7/h3-4,14-15,17H,2,5-12H2,1H3;(H,6,7)/t14-,15-,17+;/m1./s1. The van der Waals surface area contributed by atoms with E-state index in [4.69, 9.17) is 19.5 Å². The Morgan fingerprint density at radius 3 is 2.61 bits per heavy atom. The number of nitrogens with zero attached hydrogens (tertiary/aromatic N) is 2. The fourth-order valence-electron chi connectivity index (χ4n) is 4.14. The van der Waals surface area contributed by atoms with Crippen LogP contribution in [0.3, 0.4) is 0 Å². The van der Waals surface area contributed by atoms with Crippen molar-refractivity contribution < 1.29 is 37.4 Å². The van der Waals surface area contributed by atoms with E-state index >= 15 is 0 Å². The van der Waals surface area contributed by atoms with Crippen LogP contribution in [0.4, 0.5) is 13.2 Å². The number of alkyl halides is 3. The fraction of sp³-hybridized carbons (Fsp3) is 0.700. The number of aryl methyl sites for hydroxylation is 1. The topological polar surface area (TPSA) is 79.3 Å². The predicted octanol–water partition coefficient (Wildman–Crippen LogP) is 3.08. The number of fused-ring (bicyclic) bond motifs is 1. The summed E-state index contributed by atoms with van der Waals surface area (Å²) >= 11 is 1.88. The molecule has 174 valence electrons. The number of hydrogen-bond acceptors (Lipinski definition) is 6. The molecule has 0 spiro atoms. The highest BCUT2D eigenvalue weighted by Gasteiger charge is 2.40. The van der Waals surface area contributed by atoms with E-state index < -0.39 is 12.1 Å². The minimum absolute atomic E-state index is 0.0340. The van der Waals surface area contributed by atoms with Gasteiger partial charge in [-0.15, -0.1) is 11.3 Å². The van der Waals surface area contributed by atoms with Crippen LogP contribution in [-0.2, 0) is 25.7 Å². The maximum absolute atomic E-state index is 12.6. The second-order valence-corrected chi connectivity index (χ2v) is 9.40. The number of hydroxylamine groups is 2. The second-order valence-electron chi connectivity index (χ2n) is 8.03. The zero-order valence-corrected chi connectivity index (χ0v) is 18.1. The highest BCUT2D eigenvalue weighted by atomic mass is 32.1. The number of carbonyl (C=O) groups excluding carboxylic acids is 1. The lowest BCUT2D eigenvalue weighted by atomic mass is 9.83. The molecule has 0 aromatic carbocycles. The lowest BCUT2D eigenvalue weighted by molar-refractivity contribution is -0.192. The van der Waals surface area contributed by atoms with Crippen LogP contribution in [0.1, 0.15) is 29.0 Å². The van der Waals surface area contributed by atoms with E-state index in [2.05, 4.69) is 24.0 Å². The molecule has 0 radical (unpaired) electrons. The van der Waals surface area contributed by atoms with Gasteiger partial charge >= 0.3 is 12.1 Å². The summed E-state index contributed by atoms with van der Waals surface area (Å²) in [7, 11) is 0. The van der Waals surface area contributed by atoms with Gasteiger partial charge in [0, 0.05) is 29.4 Å². The molecular formula is C20H27F3N2O5S. The number of aliphatic carboxylic acids is 1. The normalized spacial score (nSPS) is 26.7. The molecule has 1 amide bonds. The molecular weight excluding hydrogens is 437 g/mol. The Kier molecular flexibility index (Phi) is 7.95. The van der Waals surface area contributed by atoms with E-state index in [1.807, 2.05) is 11.3 Å². The Labute approximate surface area is 182 Å². The number of halogens is 3. The number of carbonyl (C=O) groups is 2. The Bertz CT molecular complexity index is 766. The highest BCUT2D eigenvalue weighted by molar-refractivity contribution is 7.11. The monoisotopic (exact) mass is 464 g/mol. The van der Waals surface area contributed by atoms with Gasteiger partial charge in [0.05, 0.1) is 31.8 Å². The van der Waals surface area contributed by atoms with Crippen molar-refractivity contribution in [1.82, 2.24) is 9.96 Å². The second kappa shape index (κ2) is 10.3. The molecule has 4 heterocycles. The van der Waals surface area contributed by atoms with E-state index in [-0.39, 0.29) is 11.8 Å². The van der Waals surface area contributed by atoms with Gasteiger partial charge in [-0.05, 0) is 44.2 Å². The third kappa shape index (κ3) is 6.64. The van der Waals surface area contributed by atoms with Gasteiger partial charge in [-0.1, -0.05) is 0 Å². The van der Waals surface area contributed by atoms with E-state index in [0.717, 1.165) is 45.4 Å². The first-order valence-corrected chi connectivity index (χ1v) is 11.1. The van der Waals surface area contributed by atoms with Crippen molar-refractivity contribution in [3.8, 4) is 0 Å². The molecule has 0 aliphatic carbocycles. The quantitative estimate of drug-likeness (QED) is 0.741. The predicted molar refractivity (Wildman–Crippen MR) is 106 cm³/mol. The third-order valence-corrected chi connectivity index (χ3v) is 6.60. The van der Waals surface area contributed by atoms with Crippen molar-refractivity contribution in [2.75, 3.05) is 32.8 Å². The number of carboxylic acid groups (broad SMARTS) is 1. The van der Waals surface area contributed by atoms with Gasteiger partial charge in [-0.25, -0.2) is 9.86 Å². The molecule has 1 aromatic heterocycles. The largest absolute Gasteiger partial charge is 0.490 e. The summed E-state index contributed by atoms with van der Waals surface area (Å²) in [6.07, 6.45) is -1.80. The molecule has 1 N–H and O–H groups in total. The average Bonchev–Trinajstić information content (AvgIpc) is 3.38. The van der Waals surface area contributed by atoms with Crippen LogP contribution in [0.15, 0.2) is 12.1 Å². The molecule has 31 heavy (non-hydrogen) atoms. The summed E-state index contributed by atoms with van der Waals surface area (Å²) in [5, 5.41) is 8.68. The van der Waals surface area contributed by atoms with Crippen LogP contribution in [0.25, 0.3) is 0 Å². The number of rotatable bonds is 3. The molecule has 3 atom stereocenters. The Hall–Kier alpha value is -1.69. The minimum Gasteiger partial charge on any atom is -0.475 e. The molecule has 3 fully saturated rings. The number of piperidine rings is 1. The lowest BCUT2D eigenvalue weighted by Crippen LogP contribution is -2.50. The van der Waals surface area contributed by atoms with E-state index in [9.17, 15) is 18.0 Å². The fourth-order valence-corrected chi connectivity index (χ4v) is 5.07. The van der Waals surface area contributed by atoms with Crippen LogP contribution in [0.5, 0.6) is 0 Å². The zero-order valence-electron chi connectivity index (χ0n) is 17.3. The summed E-state index contributed by atoms with van der Waals surface area (Å²) in [6, 6.07) is 4.43. The van der Waals surface area contributed by atoms with E-state index in [0.29, 0.717) is 25.2 Å². The molecule has 0 unspecified atom stereocenters. The van der Waals surface area contributed by atoms with Gasteiger partial charge in [0.2, 0.25) is 0 Å². The smallest absolute Gasteiger partial charge is 0.475 e. The molecule has 3 aliphatic rings. The summed E-state index contributed by atoms with van der Waals surface area (Å²) in [6.45, 7) is 7.26. The van der Waals surface area contributed by atoms with Crippen LogP contribution < -0.4 is 0 Å². The first-order chi connectivity index (χ1) is 14.6. The summed E-state index contributed by atoms with van der Waals surface area (Å²) in [5.74, 6) is -2.21. The average molecular weight is 465 g/mol. The van der Waals surface area contributed by atoms with Crippen molar-refractivity contribution in [2.24, 2.45) is 11.8 Å². The number of ether oxygens (including phenoxy) is 1. The van der Waals surface area contributed by atoms with Crippen molar-refractivity contribution in [3.05, 3.63) is 21.9 Å². The molecule has 3 saturated heterocycles. The van der Waals surface area contributed by atoms with Gasteiger partial charge in [0.25, 0.3) is 5.91 Å². The molecule has 4 rings (SSSR count). The van der Waals surface area contributed by atoms with Crippen LogP contribution >= 0.6 is 11.3 Å². The lowest BCUT2D eigenvalue weighted by Gasteiger charge is -2.43. The summed E-state index contributed by atoms with van der Waals surface area (Å²) < 4.78 is 37.8. The number of amides is 1. The first-order valence-electron chi connectivity index (χ1n) is 10.3. The number of likely N-dealkylation sites (tertiary alicyclic amines) is 1. The maximum atomic E-state index is 12.6. The van der Waals surface area contributed by atoms with Gasteiger partial charge in [-0.3, -0.25) is 14.5 Å². The molecule has 11 heteroatoms. The maximum Gasteiger partial charge on any atom is 0.490 e. The zero-order chi connectivity index (χ0) is 22.6. The molecule has 7 nitrogen and oxygen atoms in total. The van der Waals surface area contributed by atoms with Gasteiger partial charge < -0.3 is 9.84 Å². The van der Waals surface area contributed by atoms with Crippen molar-refractivity contribution in [1.29, 1.82) is 0 Å². The molecule has 0 saturated carbocycles. The first kappa shape index (κ1) is 24.0. The summed E-state index contributed by atoms with van der Waals surface area (Å²) in [5.41, 5.74) is 0. The Morgan fingerprint density at radius 2 is 2.03 bits per heavy atom. The van der Waals surface area contributed by atoms with Crippen LogP contribution in [0.2, 0.25) is 0 Å². The summed E-state index contributed by atoms with van der Waals surface area (Å²) in [4.78, 5) is 32.2.